The Morgan fingerprint density at radius 2 is 1.37 bits per heavy atom. The molecule has 1 heterocycles. The highest BCUT2D eigenvalue weighted by Crippen LogP contribution is 2.31. The van der Waals surface area contributed by atoms with Crippen LogP contribution in [0.3, 0.4) is 0 Å². The predicted molar refractivity (Wildman–Crippen MR) is 207 cm³/mol. The fraction of sp³-hybridized carbons (Fsp3) is 0.146. The predicted octanol–water partition coefficient (Wildman–Crippen LogP) is 7.82. The van der Waals surface area contributed by atoms with E-state index in [1.54, 1.807) is 24.3 Å². The van der Waals surface area contributed by atoms with Crippen LogP contribution in [0.25, 0.3) is 34.4 Å². The molecule has 0 spiro atoms. The number of urea groups is 2. The van der Waals surface area contributed by atoms with Gasteiger partial charge in [0.1, 0.15) is 18.0 Å². The molecule has 10 nitrogen and oxygen atoms in total. The van der Waals surface area contributed by atoms with Crippen molar-refractivity contribution in [2.45, 2.75) is 32.4 Å². The van der Waals surface area contributed by atoms with E-state index in [0.29, 0.717) is 11.5 Å². The maximum absolute atomic E-state index is 12.0. The van der Waals surface area contributed by atoms with E-state index in [1.807, 2.05) is 67.6 Å². The lowest BCUT2D eigenvalue weighted by Crippen LogP contribution is -2.43. The minimum absolute atomic E-state index is 0.135. The van der Waals surface area contributed by atoms with E-state index in [2.05, 4.69) is 77.4 Å². The summed E-state index contributed by atoms with van der Waals surface area (Å²) in [4.78, 5) is 36.3. The largest absolute Gasteiger partial charge is 0.457 e. The van der Waals surface area contributed by atoms with E-state index in [-0.39, 0.29) is 17.1 Å². The fourth-order valence-corrected chi connectivity index (χ4v) is 6.32. The van der Waals surface area contributed by atoms with Gasteiger partial charge in [-0.25, -0.2) is 9.59 Å². The number of carbonyl (C=O) groups is 3. The van der Waals surface area contributed by atoms with Crippen LogP contribution in [-0.2, 0) is 11.2 Å². The lowest BCUT2D eigenvalue weighted by Gasteiger charge is -2.14. The molecule has 52 heavy (non-hydrogen) atoms. The molecule has 5 aromatic rings. The van der Waals surface area contributed by atoms with E-state index in [1.165, 1.54) is 10.4 Å². The summed E-state index contributed by atoms with van der Waals surface area (Å²) in [5.74, 6) is 0.808. The van der Waals surface area contributed by atoms with Gasteiger partial charge in [-0.2, -0.15) is 5.06 Å². The van der Waals surface area contributed by atoms with Gasteiger partial charge in [-0.1, -0.05) is 85.0 Å². The Labute approximate surface area is 307 Å². The maximum Gasteiger partial charge on any atom is 0.339 e. The number of rotatable bonds is 14. The third kappa shape index (κ3) is 11.2. The molecule has 11 heteroatoms. The SMILES string of the molecule is CC(/C=C\c1cccc(Oc2cccc(-c3cccc(-c4ccc(Cc5ccc(/C=C\[C@@H](C)NC(N)=O)s5)cc4)c3)c2)c1)NC(=O)CN(O)C(N)=O. The van der Waals surface area contributed by atoms with Gasteiger partial charge in [-0.3, -0.25) is 10.0 Å². The van der Waals surface area contributed by atoms with Crippen LogP contribution in [0.4, 0.5) is 9.59 Å². The molecule has 5 amide bonds. The number of amides is 5. The molecule has 4 aromatic carbocycles. The number of nitrogens with one attached hydrogen (secondary N) is 2. The van der Waals surface area contributed by atoms with Crippen LogP contribution in [-0.4, -0.2) is 46.9 Å². The average Bonchev–Trinajstić information content (AvgIpc) is 3.57. The van der Waals surface area contributed by atoms with Crippen molar-refractivity contribution in [1.82, 2.24) is 15.7 Å². The molecule has 0 aliphatic heterocycles. The highest BCUT2D eigenvalue weighted by atomic mass is 32.1. The van der Waals surface area contributed by atoms with Gasteiger partial charge < -0.3 is 26.8 Å². The van der Waals surface area contributed by atoms with Crippen LogP contribution < -0.4 is 26.8 Å². The van der Waals surface area contributed by atoms with Crippen molar-refractivity contribution in [2.24, 2.45) is 11.5 Å². The van der Waals surface area contributed by atoms with Crippen molar-refractivity contribution >= 4 is 41.5 Å². The number of hydroxylamine groups is 2. The second-order valence-electron chi connectivity index (χ2n) is 12.2. The van der Waals surface area contributed by atoms with Gasteiger partial charge in [0.05, 0.1) is 0 Å². The molecule has 0 saturated heterocycles. The van der Waals surface area contributed by atoms with Crippen LogP contribution in [0.1, 0.15) is 34.7 Å². The summed E-state index contributed by atoms with van der Waals surface area (Å²) in [6, 6.07) is 34.7. The third-order valence-corrected chi connectivity index (χ3v) is 8.96. The summed E-state index contributed by atoms with van der Waals surface area (Å²) >= 11 is 1.72. The van der Waals surface area contributed by atoms with E-state index in [4.69, 9.17) is 16.2 Å². The normalized spacial score (nSPS) is 12.4. The number of nitrogens with zero attached hydrogens (tertiary/aromatic N) is 1. The molecule has 266 valence electrons. The van der Waals surface area contributed by atoms with Crippen LogP contribution in [0.2, 0.25) is 0 Å². The summed E-state index contributed by atoms with van der Waals surface area (Å²) in [7, 11) is 0. The molecule has 1 aromatic heterocycles. The zero-order valence-electron chi connectivity index (χ0n) is 28.9. The Morgan fingerprint density at radius 1 is 0.750 bits per heavy atom. The molecule has 0 bridgehead atoms. The van der Waals surface area contributed by atoms with Gasteiger partial charge in [-0.05, 0) is 95.8 Å². The molecule has 5 rings (SSSR count). The Bertz CT molecular complexity index is 2070. The minimum Gasteiger partial charge on any atom is -0.457 e. The number of hydrogen-bond acceptors (Lipinski definition) is 6. The molecular weight excluding hydrogens is 675 g/mol. The quantitative estimate of drug-likeness (QED) is 0.0585. The van der Waals surface area contributed by atoms with Gasteiger partial charge in [0.15, 0.2) is 0 Å². The molecule has 0 aliphatic rings. The lowest BCUT2D eigenvalue weighted by molar-refractivity contribution is -0.129. The van der Waals surface area contributed by atoms with E-state index in [9.17, 15) is 19.6 Å². The summed E-state index contributed by atoms with van der Waals surface area (Å²) in [6.45, 7) is 3.10. The number of hydrogen-bond donors (Lipinski definition) is 5. The zero-order chi connectivity index (χ0) is 37.0. The fourth-order valence-electron chi connectivity index (χ4n) is 5.36. The van der Waals surface area contributed by atoms with Crippen molar-refractivity contribution < 1.29 is 24.3 Å². The van der Waals surface area contributed by atoms with E-state index < -0.39 is 24.5 Å². The Morgan fingerprint density at radius 3 is 2.08 bits per heavy atom. The molecule has 2 atom stereocenters. The maximum atomic E-state index is 12.0. The van der Waals surface area contributed by atoms with Crippen LogP contribution in [0, 0.1) is 0 Å². The highest BCUT2D eigenvalue weighted by Gasteiger charge is 2.13. The molecular formula is C41H41N5O5S. The molecule has 0 fully saturated rings. The monoisotopic (exact) mass is 715 g/mol. The Kier molecular flexibility index (Phi) is 12.6. The number of carbonyl (C=O) groups excluding carboxylic acids is 3. The van der Waals surface area contributed by atoms with E-state index >= 15 is 0 Å². The first-order valence-corrected chi connectivity index (χ1v) is 17.5. The topological polar surface area (TPSA) is 160 Å². The summed E-state index contributed by atoms with van der Waals surface area (Å²) in [6.07, 6.45) is 8.40. The molecule has 0 saturated carbocycles. The van der Waals surface area contributed by atoms with E-state index in [0.717, 1.165) is 39.1 Å². The first-order chi connectivity index (χ1) is 25.0. The highest BCUT2D eigenvalue weighted by molar-refractivity contribution is 7.12. The van der Waals surface area contributed by atoms with Gasteiger partial charge in [0, 0.05) is 28.3 Å². The first-order valence-electron chi connectivity index (χ1n) is 16.6. The van der Waals surface area contributed by atoms with Gasteiger partial charge in [0.25, 0.3) is 0 Å². The minimum atomic E-state index is -1.10. The second kappa shape index (κ2) is 17.7. The van der Waals surface area contributed by atoms with Crippen molar-refractivity contribution in [3.63, 3.8) is 0 Å². The standard InChI is InChI=1S/C41H41N5O5S/c1-27(44-39(47)26-46(50)41(43)49)12-14-29-6-3-10-35(22-29)51-36-11-5-9-34(25-36)33-8-4-7-32(24-33)31-17-15-30(16-18-31)23-38-21-20-37(52-38)19-13-28(2)45-40(42)48/h3-22,24-25,27-28,50H,23,26H2,1-2H3,(H2,43,49)(H,44,47)(H3,42,45,48)/b14-12-,19-13-/t27?,28-/m1/s1. The third-order valence-electron chi connectivity index (χ3n) is 7.90. The number of benzene rings is 4. The molecule has 7 N–H and O–H groups in total. The Balaban J connectivity index is 1.20. The van der Waals surface area contributed by atoms with Gasteiger partial charge >= 0.3 is 12.1 Å². The molecule has 0 radical (unpaired) electrons. The Hall–Kier alpha value is -6.17. The average molecular weight is 716 g/mol. The number of primary amides is 2. The van der Waals surface area contributed by atoms with Gasteiger partial charge in [0.2, 0.25) is 5.91 Å². The van der Waals surface area contributed by atoms with Crippen molar-refractivity contribution in [3.05, 3.63) is 142 Å². The smallest absolute Gasteiger partial charge is 0.339 e. The molecule has 0 aliphatic carbocycles. The van der Waals surface area contributed by atoms with Crippen molar-refractivity contribution in [2.75, 3.05) is 6.54 Å². The number of nitrogens with two attached hydrogens (primary N) is 2. The van der Waals surface area contributed by atoms with Crippen molar-refractivity contribution in [3.8, 4) is 33.8 Å². The first kappa shape index (κ1) is 37.1. The lowest BCUT2D eigenvalue weighted by atomic mass is 9.98. The van der Waals surface area contributed by atoms with Gasteiger partial charge in [-0.15, -0.1) is 11.3 Å². The van der Waals surface area contributed by atoms with Crippen LogP contribution in [0.15, 0.2) is 121 Å². The summed E-state index contributed by atoms with van der Waals surface area (Å²) in [5.41, 5.74) is 16.6. The van der Waals surface area contributed by atoms with Crippen LogP contribution in [0.5, 0.6) is 11.5 Å². The summed E-state index contributed by atoms with van der Waals surface area (Å²) < 4.78 is 6.23. The molecule has 1 unspecified atom stereocenters. The zero-order valence-corrected chi connectivity index (χ0v) is 29.7. The number of thiophene rings is 1. The van der Waals surface area contributed by atoms with Crippen molar-refractivity contribution in [1.29, 1.82) is 0 Å². The number of ether oxygens (including phenoxy) is 1. The second-order valence-corrected chi connectivity index (χ2v) is 13.4. The van der Waals surface area contributed by atoms with Crippen LogP contribution >= 0.6 is 11.3 Å². The summed E-state index contributed by atoms with van der Waals surface area (Å²) in [5, 5.41) is 14.8.